The maximum Gasteiger partial charge on any atom is 0.150 e. The SMILES string of the molecule is C1=CC2CCC1CC2.Cc1ccc(N)cc1.O=Cc1ccccc1. The molecular weight excluding hydrogens is 294 g/mol. The average Bonchev–Trinajstić information content (AvgIpc) is 2.67. The van der Waals surface area contributed by atoms with Crippen LogP contribution in [0.25, 0.3) is 0 Å². The van der Waals surface area contributed by atoms with E-state index < -0.39 is 0 Å². The lowest BCUT2D eigenvalue weighted by molar-refractivity contribution is 0.112. The van der Waals surface area contributed by atoms with Crippen molar-refractivity contribution in [2.45, 2.75) is 32.6 Å². The maximum atomic E-state index is 10.0. The fraction of sp³-hybridized carbons (Fsp3) is 0.318. The summed E-state index contributed by atoms with van der Waals surface area (Å²) in [5, 5.41) is 0. The Morgan fingerprint density at radius 2 is 1.33 bits per heavy atom. The van der Waals surface area contributed by atoms with Gasteiger partial charge in [-0.25, -0.2) is 0 Å². The van der Waals surface area contributed by atoms with Crippen LogP contribution >= 0.6 is 0 Å². The monoisotopic (exact) mass is 321 g/mol. The third-order valence-electron chi connectivity index (χ3n) is 4.48. The van der Waals surface area contributed by atoms with Crippen LogP contribution < -0.4 is 5.73 Å². The normalized spacial score (nSPS) is 20.2. The van der Waals surface area contributed by atoms with Crippen LogP contribution in [0.5, 0.6) is 0 Å². The lowest BCUT2D eigenvalue weighted by Crippen LogP contribution is -2.16. The number of nitrogens with two attached hydrogens (primary N) is 1. The highest BCUT2D eigenvalue weighted by Crippen LogP contribution is 2.35. The first kappa shape index (κ1) is 18.0. The molecule has 3 aliphatic carbocycles. The molecule has 2 aromatic carbocycles. The summed E-state index contributed by atoms with van der Waals surface area (Å²) in [6.45, 7) is 2.04. The van der Waals surface area contributed by atoms with Gasteiger partial charge in [0, 0.05) is 11.3 Å². The van der Waals surface area contributed by atoms with Crippen molar-refractivity contribution < 1.29 is 4.79 Å². The molecular formula is C22H27NO. The Balaban J connectivity index is 0.000000130. The smallest absolute Gasteiger partial charge is 0.150 e. The van der Waals surface area contributed by atoms with Crippen LogP contribution in [0.3, 0.4) is 0 Å². The van der Waals surface area contributed by atoms with Gasteiger partial charge in [-0.15, -0.1) is 0 Å². The highest BCUT2D eigenvalue weighted by atomic mass is 16.1. The summed E-state index contributed by atoms with van der Waals surface area (Å²) in [5.41, 5.74) is 8.23. The van der Waals surface area contributed by atoms with E-state index in [1.54, 1.807) is 12.1 Å². The highest BCUT2D eigenvalue weighted by molar-refractivity contribution is 5.74. The van der Waals surface area contributed by atoms with Gasteiger partial charge in [0.2, 0.25) is 0 Å². The molecule has 2 heteroatoms. The predicted octanol–water partition coefficient (Wildman–Crippen LogP) is 5.44. The van der Waals surface area contributed by atoms with Gasteiger partial charge < -0.3 is 5.73 Å². The van der Waals surface area contributed by atoms with Crippen LogP contribution in [-0.2, 0) is 0 Å². The van der Waals surface area contributed by atoms with Crippen molar-refractivity contribution in [1.29, 1.82) is 0 Å². The van der Waals surface area contributed by atoms with Crippen LogP contribution in [0.1, 0.15) is 41.6 Å². The van der Waals surface area contributed by atoms with Crippen molar-refractivity contribution in [2.75, 3.05) is 5.73 Å². The van der Waals surface area contributed by atoms with Crippen LogP contribution in [-0.4, -0.2) is 6.29 Å². The van der Waals surface area contributed by atoms with Crippen molar-refractivity contribution >= 4 is 12.0 Å². The van der Waals surface area contributed by atoms with Gasteiger partial charge in [-0.2, -0.15) is 0 Å². The van der Waals surface area contributed by atoms with Crippen molar-refractivity contribution in [2.24, 2.45) is 11.8 Å². The maximum absolute atomic E-state index is 10.0. The molecule has 3 aliphatic rings. The molecule has 0 atom stereocenters. The second-order valence-electron chi connectivity index (χ2n) is 6.50. The van der Waals surface area contributed by atoms with E-state index >= 15 is 0 Å². The molecule has 2 aromatic rings. The summed E-state index contributed by atoms with van der Waals surface area (Å²) >= 11 is 0. The molecule has 0 saturated heterocycles. The number of carbonyl (C=O) groups is 1. The lowest BCUT2D eigenvalue weighted by Gasteiger charge is -2.29. The molecule has 2 N–H and O–H groups in total. The standard InChI is InChI=1S/C8H12.C7H9N.C7H6O/c1-2-8-5-3-7(1)4-6-8;1-6-2-4-7(8)5-3-6;8-6-7-4-2-1-3-5-7/h1-2,7-8H,3-6H2;2-5H,8H2,1H3;1-6H. The highest BCUT2D eigenvalue weighted by Gasteiger charge is 2.21. The number of fused-ring (bicyclic) bond motifs is 2. The Bertz CT molecular complexity index is 588. The number of carbonyl (C=O) groups excluding carboxylic acids is 1. The van der Waals surface area contributed by atoms with E-state index in [4.69, 9.17) is 5.73 Å². The topological polar surface area (TPSA) is 43.1 Å². The van der Waals surface area contributed by atoms with E-state index in [0.717, 1.165) is 29.4 Å². The van der Waals surface area contributed by atoms with E-state index in [-0.39, 0.29) is 0 Å². The van der Waals surface area contributed by atoms with Gasteiger partial charge in [-0.05, 0) is 56.6 Å². The summed E-state index contributed by atoms with van der Waals surface area (Å²) in [7, 11) is 0. The fourth-order valence-electron chi connectivity index (χ4n) is 2.94. The fourth-order valence-corrected chi connectivity index (χ4v) is 2.94. The molecule has 0 amide bonds. The van der Waals surface area contributed by atoms with Gasteiger partial charge in [0.25, 0.3) is 0 Å². The van der Waals surface area contributed by atoms with Gasteiger partial charge in [0.15, 0.2) is 0 Å². The zero-order valence-electron chi connectivity index (χ0n) is 14.4. The Hall–Kier alpha value is -2.35. The number of anilines is 1. The largest absolute Gasteiger partial charge is 0.399 e. The Morgan fingerprint density at radius 3 is 1.62 bits per heavy atom. The van der Waals surface area contributed by atoms with E-state index in [1.165, 1.54) is 31.2 Å². The first-order valence-corrected chi connectivity index (χ1v) is 8.68. The summed E-state index contributed by atoms with van der Waals surface area (Å²) in [6, 6.07) is 16.9. The number of allylic oxidation sites excluding steroid dienone is 2. The van der Waals surface area contributed by atoms with Crippen molar-refractivity contribution in [1.82, 2.24) is 0 Å². The minimum atomic E-state index is 0.729. The van der Waals surface area contributed by atoms with Crippen LogP contribution in [0, 0.1) is 18.8 Å². The van der Waals surface area contributed by atoms with Crippen LogP contribution in [0.4, 0.5) is 5.69 Å². The number of nitrogen functional groups attached to an aromatic ring is 1. The quantitative estimate of drug-likeness (QED) is 0.432. The van der Waals surface area contributed by atoms with Gasteiger partial charge in [0.1, 0.15) is 6.29 Å². The average molecular weight is 321 g/mol. The van der Waals surface area contributed by atoms with Crippen molar-refractivity contribution in [3.05, 3.63) is 77.9 Å². The summed E-state index contributed by atoms with van der Waals surface area (Å²) < 4.78 is 0. The third kappa shape index (κ3) is 6.41. The number of aldehydes is 1. The van der Waals surface area contributed by atoms with Gasteiger partial charge >= 0.3 is 0 Å². The molecule has 2 bridgehead atoms. The first-order valence-electron chi connectivity index (χ1n) is 8.68. The summed E-state index contributed by atoms with van der Waals surface area (Å²) in [4.78, 5) is 10.0. The zero-order valence-corrected chi connectivity index (χ0v) is 14.4. The van der Waals surface area contributed by atoms with Crippen molar-refractivity contribution in [3.8, 4) is 0 Å². The second kappa shape index (κ2) is 9.71. The zero-order chi connectivity index (χ0) is 17.2. The summed E-state index contributed by atoms with van der Waals surface area (Å²) in [5.74, 6) is 1.94. The molecule has 0 aliphatic heterocycles. The first-order chi connectivity index (χ1) is 11.7. The Morgan fingerprint density at radius 1 is 0.833 bits per heavy atom. The Kier molecular flexibility index (Phi) is 7.28. The molecule has 0 aromatic heterocycles. The number of hydrogen-bond donors (Lipinski definition) is 1. The van der Waals surface area contributed by atoms with Crippen LogP contribution in [0.15, 0.2) is 66.7 Å². The van der Waals surface area contributed by atoms with Crippen LogP contribution in [0.2, 0.25) is 0 Å². The summed E-state index contributed by atoms with van der Waals surface area (Å²) in [6.07, 6.45) is 11.6. The second-order valence-corrected chi connectivity index (χ2v) is 6.50. The molecule has 0 heterocycles. The molecule has 0 radical (unpaired) electrons. The predicted molar refractivity (Wildman–Crippen MR) is 102 cm³/mol. The molecule has 1 fully saturated rings. The Labute approximate surface area is 145 Å². The number of rotatable bonds is 1. The number of benzene rings is 2. The molecule has 1 saturated carbocycles. The molecule has 5 rings (SSSR count). The minimum absolute atomic E-state index is 0.729. The minimum Gasteiger partial charge on any atom is -0.399 e. The molecule has 2 nitrogen and oxygen atoms in total. The van der Waals surface area contributed by atoms with Gasteiger partial charge in [0.05, 0.1) is 0 Å². The van der Waals surface area contributed by atoms with E-state index in [0.29, 0.717) is 0 Å². The molecule has 0 unspecified atom stereocenters. The molecule has 126 valence electrons. The molecule has 24 heavy (non-hydrogen) atoms. The lowest BCUT2D eigenvalue weighted by atomic mass is 9.76. The van der Waals surface area contributed by atoms with Gasteiger partial charge in [-0.3, -0.25) is 4.79 Å². The third-order valence-corrected chi connectivity index (χ3v) is 4.48. The molecule has 0 spiro atoms. The number of aryl methyl sites for hydroxylation is 1. The van der Waals surface area contributed by atoms with Crippen molar-refractivity contribution in [3.63, 3.8) is 0 Å². The van der Waals surface area contributed by atoms with E-state index in [9.17, 15) is 4.79 Å². The van der Waals surface area contributed by atoms with E-state index in [2.05, 4.69) is 12.2 Å². The van der Waals surface area contributed by atoms with Gasteiger partial charge in [-0.1, -0.05) is 60.2 Å². The van der Waals surface area contributed by atoms with E-state index in [1.807, 2.05) is 49.4 Å². The number of hydrogen-bond acceptors (Lipinski definition) is 2.